The molecule has 3 rings (SSSR count). The molecule has 2 heterocycles. The second kappa shape index (κ2) is 6.32. The molecule has 0 unspecified atom stereocenters. The van der Waals surface area contributed by atoms with Crippen LogP contribution in [0.4, 0.5) is 4.39 Å². The molecule has 2 N–H and O–H groups in total. The van der Waals surface area contributed by atoms with Gasteiger partial charge in [-0.25, -0.2) is 4.39 Å². The molecule has 0 amide bonds. The van der Waals surface area contributed by atoms with Gasteiger partial charge in [-0.2, -0.15) is 5.10 Å². The van der Waals surface area contributed by atoms with Gasteiger partial charge >= 0.3 is 0 Å². The lowest BCUT2D eigenvalue weighted by atomic mass is 10.0. The van der Waals surface area contributed by atoms with E-state index in [0.29, 0.717) is 6.04 Å². The van der Waals surface area contributed by atoms with Gasteiger partial charge in [-0.05, 0) is 50.7 Å². The first-order valence-electron chi connectivity index (χ1n) is 7.57. The molecule has 2 aromatic rings. The van der Waals surface area contributed by atoms with E-state index in [1.165, 1.54) is 12.1 Å². The highest BCUT2D eigenvalue weighted by Gasteiger charge is 2.19. The molecule has 1 fully saturated rings. The summed E-state index contributed by atoms with van der Waals surface area (Å²) in [6.45, 7) is 6.31. The maximum absolute atomic E-state index is 13.4. The van der Waals surface area contributed by atoms with E-state index in [2.05, 4.69) is 34.0 Å². The number of hydrogen-bond donors (Lipinski definition) is 2. The monoisotopic (exact) mass is 300 g/mol. The maximum atomic E-state index is 13.4. The Morgan fingerprint density at radius 1 is 1.41 bits per heavy atom. The fraction of sp³-hybridized carbons (Fsp3) is 0.353. The molecule has 22 heavy (non-hydrogen) atoms. The van der Waals surface area contributed by atoms with Crippen molar-refractivity contribution in [2.45, 2.75) is 18.9 Å². The summed E-state index contributed by atoms with van der Waals surface area (Å²) in [5.74, 6) is -0.251. The number of benzene rings is 1. The third-order valence-electron chi connectivity index (χ3n) is 4.17. The van der Waals surface area contributed by atoms with Crippen molar-refractivity contribution >= 4 is 5.70 Å². The molecule has 1 saturated heterocycles. The minimum Gasteiger partial charge on any atom is -0.381 e. The Labute approximate surface area is 130 Å². The van der Waals surface area contributed by atoms with Crippen LogP contribution in [0.2, 0.25) is 0 Å². The maximum Gasteiger partial charge on any atom is 0.123 e. The molecule has 1 aliphatic heterocycles. The summed E-state index contributed by atoms with van der Waals surface area (Å²) in [5, 5.41) is 10.6. The minimum atomic E-state index is -0.251. The second-order valence-corrected chi connectivity index (χ2v) is 5.87. The van der Waals surface area contributed by atoms with E-state index < -0.39 is 0 Å². The Morgan fingerprint density at radius 3 is 2.91 bits per heavy atom. The molecule has 0 radical (unpaired) electrons. The van der Waals surface area contributed by atoms with E-state index in [0.717, 1.165) is 48.4 Å². The van der Waals surface area contributed by atoms with Crippen LogP contribution in [0.5, 0.6) is 0 Å². The van der Waals surface area contributed by atoms with Gasteiger partial charge in [0.15, 0.2) is 0 Å². The Morgan fingerprint density at radius 2 is 2.18 bits per heavy atom. The van der Waals surface area contributed by atoms with Crippen LogP contribution in [0.1, 0.15) is 18.5 Å². The van der Waals surface area contributed by atoms with E-state index >= 15 is 0 Å². The molecule has 1 aliphatic rings. The van der Waals surface area contributed by atoms with E-state index in [1.807, 2.05) is 6.07 Å². The molecular formula is C17H21FN4. The van der Waals surface area contributed by atoms with Crippen molar-refractivity contribution in [3.63, 3.8) is 0 Å². The first kappa shape index (κ1) is 14.8. The van der Waals surface area contributed by atoms with Gasteiger partial charge in [0.05, 0.1) is 17.6 Å². The number of nitrogens with one attached hydrogen (secondary N) is 2. The lowest BCUT2D eigenvalue weighted by molar-refractivity contribution is 0.245. The molecule has 0 spiro atoms. The molecule has 4 nitrogen and oxygen atoms in total. The van der Waals surface area contributed by atoms with E-state index in [-0.39, 0.29) is 5.82 Å². The number of H-pyrrole nitrogens is 1. The zero-order valence-electron chi connectivity index (χ0n) is 12.8. The summed E-state index contributed by atoms with van der Waals surface area (Å²) >= 11 is 0. The third-order valence-corrected chi connectivity index (χ3v) is 4.17. The number of aromatic amines is 1. The van der Waals surface area contributed by atoms with Gasteiger partial charge < -0.3 is 10.2 Å². The second-order valence-electron chi connectivity index (χ2n) is 5.87. The summed E-state index contributed by atoms with van der Waals surface area (Å²) < 4.78 is 13.4. The van der Waals surface area contributed by atoms with E-state index in [1.54, 1.807) is 12.3 Å². The number of piperidine rings is 1. The molecule has 0 aliphatic carbocycles. The van der Waals surface area contributed by atoms with Gasteiger partial charge in [0.25, 0.3) is 0 Å². The Kier molecular flexibility index (Phi) is 4.24. The van der Waals surface area contributed by atoms with Gasteiger partial charge in [0, 0.05) is 11.6 Å². The van der Waals surface area contributed by atoms with Gasteiger partial charge in [-0.15, -0.1) is 0 Å². The van der Waals surface area contributed by atoms with Crippen molar-refractivity contribution in [1.82, 2.24) is 20.4 Å². The summed E-state index contributed by atoms with van der Waals surface area (Å²) in [7, 11) is 2.14. The zero-order valence-corrected chi connectivity index (χ0v) is 12.8. The van der Waals surface area contributed by atoms with Crippen molar-refractivity contribution in [2.75, 3.05) is 20.1 Å². The van der Waals surface area contributed by atoms with Crippen LogP contribution < -0.4 is 5.32 Å². The van der Waals surface area contributed by atoms with Crippen LogP contribution >= 0.6 is 0 Å². The largest absolute Gasteiger partial charge is 0.381 e. The van der Waals surface area contributed by atoms with Crippen LogP contribution in [0.3, 0.4) is 0 Å². The summed E-state index contributed by atoms with van der Waals surface area (Å²) in [5.41, 5.74) is 3.30. The van der Waals surface area contributed by atoms with E-state index in [4.69, 9.17) is 0 Å². The predicted octanol–water partition coefficient (Wildman–Crippen LogP) is 2.87. The fourth-order valence-corrected chi connectivity index (χ4v) is 2.86. The Hall–Kier alpha value is -2.14. The minimum absolute atomic E-state index is 0.251. The van der Waals surface area contributed by atoms with Crippen LogP contribution in [-0.4, -0.2) is 41.3 Å². The van der Waals surface area contributed by atoms with Crippen molar-refractivity contribution in [2.24, 2.45) is 0 Å². The average molecular weight is 300 g/mol. The van der Waals surface area contributed by atoms with Crippen molar-refractivity contribution in [1.29, 1.82) is 0 Å². The highest BCUT2D eigenvalue weighted by Crippen LogP contribution is 2.26. The topological polar surface area (TPSA) is 44.0 Å². The van der Waals surface area contributed by atoms with Gasteiger partial charge in [-0.1, -0.05) is 18.7 Å². The smallest absolute Gasteiger partial charge is 0.123 e. The number of nitrogens with zero attached hydrogens (tertiary/aromatic N) is 2. The molecule has 116 valence electrons. The van der Waals surface area contributed by atoms with Gasteiger partial charge in [0.1, 0.15) is 5.82 Å². The number of hydrogen-bond acceptors (Lipinski definition) is 3. The third kappa shape index (κ3) is 3.20. The number of rotatable bonds is 4. The van der Waals surface area contributed by atoms with Crippen molar-refractivity contribution in [3.8, 4) is 11.1 Å². The molecule has 5 heteroatoms. The molecule has 1 aromatic carbocycles. The predicted molar refractivity (Wildman–Crippen MR) is 86.7 cm³/mol. The molecule has 0 bridgehead atoms. The lowest BCUT2D eigenvalue weighted by Gasteiger charge is -2.30. The Balaban J connectivity index is 1.75. The van der Waals surface area contributed by atoms with Gasteiger partial charge in [0.2, 0.25) is 0 Å². The molecular weight excluding hydrogens is 279 g/mol. The lowest BCUT2D eigenvalue weighted by Crippen LogP contribution is -2.40. The fourth-order valence-electron chi connectivity index (χ4n) is 2.86. The summed E-state index contributed by atoms with van der Waals surface area (Å²) in [4.78, 5) is 2.33. The summed E-state index contributed by atoms with van der Waals surface area (Å²) in [6.07, 6.45) is 3.91. The van der Waals surface area contributed by atoms with Gasteiger partial charge in [-0.3, -0.25) is 5.10 Å². The normalized spacial score (nSPS) is 16.6. The van der Waals surface area contributed by atoms with Crippen LogP contribution in [0, 0.1) is 5.82 Å². The first-order valence-corrected chi connectivity index (χ1v) is 7.57. The standard InChI is InChI=1S/C17H21FN4/c1-12(20-15-6-8-22(2)9-7-15)17-16(11-19-21-17)13-4-3-5-14(18)10-13/h3-5,10-11,15,20H,1,6-9H2,2H3,(H,19,21). The zero-order chi connectivity index (χ0) is 15.5. The summed E-state index contributed by atoms with van der Waals surface area (Å²) in [6, 6.07) is 6.95. The van der Waals surface area contributed by atoms with Crippen LogP contribution in [0.25, 0.3) is 16.8 Å². The van der Waals surface area contributed by atoms with E-state index in [9.17, 15) is 4.39 Å². The van der Waals surface area contributed by atoms with Crippen LogP contribution in [-0.2, 0) is 0 Å². The number of likely N-dealkylation sites (tertiary alicyclic amines) is 1. The highest BCUT2D eigenvalue weighted by molar-refractivity contribution is 5.77. The SMILES string of the molecule is C=C(NC1CCN(C)CC1)c1[nH]ncc1-c1cccc(F)c1. The first-order chi connectivity index (χ1) is 10.6. The number of aromatic nitrogens is 2. The Bertz CT molecular complexity index is 656. The molecule has 0 atom stereocenters. The number of halogens is 1. The van der Waals surface area contributed by atoms with Crippen LogP contribution in [0.15, 0.2) is 37.0 Å². The quantitative estimate of drug-likeness (QED) is 0.912. The van der Waals surface area contributed by atoms with Crippen molar-refractivity contribution in [3.05, 3.63) is 48.6 Å². The van der Waals surface area contributed by atoms with Crippen molar-refractivity contribution < 1.29 is 4.39 Å². The highest BCUT2D eigenvalue weighted by atomic mass is 19.1. The molecule has 0 saturated carbocycles. The molecule has 1 aromatic heterocycles. The average Bonchev–Trinajstić information content (AvgIpc) is 2.99.